The summed E-state index contributed by atoms with van der Waals surface area (Å²) >= 11 is 3.34. The lowest BCUT2D eigenvalue weighted by atomic mass is 10.2. The highest BCUT2D eigenvalue weighted by Crippen LogP contribution is 2.19. The third-order valence-corrected chi connectivity index (χ3v) is 6.49. The Kier molecular flexibility index (Phi) is 7.37. The molecule has 2 aromatic rings. The van der Waals surface area contributed by atoms with Gasteiger partial charge in [0.2, 0.25) is 10.0 Å². The van der Waals surface area contributed by atoms with E-state index in [0.29, 0.717) is 24.3 Å². The summed E-state index contributed by atoms with van der Waals surface area (Å²) in [6.45, 7) is 4.78. The lowest BCUT2D eigenvalue weighted by molar-refractivity contribution is 0.102. The van der Waals surface area contributed by atoms with Crippen molar-refractivity contribution in [3.05, 3.63) is 58.6 Å². The van der Waals surface area contributed by atoms with Gasteiger partial charge in [-0.25, -0.2) is 8.42 Å². The zero-order chi connectivity index (χ0) is 19.2. The molecule has 0 atom stereocenters. The van der Waals surface area contributed by atoms with E-state index >= 15 is 0 Å². The van der Waals surface area contributed by atoms with Crippen molar-refractivity contribution in [2.24, 2.45) is 0 Å². The molecule has 0 saturated heterocycles. The van der Waals surface area contributed by atoms with Crippen molar-refractivity contribution in [2.75, 3.05) is 18.4 Å². The van der Waals surface area contributed by atoms with Gasteiger partial charge in [-0.05, 0) is 55.0 Å². The molecule has 0 spiro atoms. The fourth-order valence-electron chi connectivity index (χ4n) is 2.45. The normalized spacial score (nSPS) is 11.5. The molecule has 0 aromatic heterocycles. The topological polar surface area (TPSA) is 66.5 Å². The molecule has 0 fully saturated rings. The molecule has 0 aliphatic rings. The highest BCUT2D eigenvalue weighted by molar-refractivity contribution is 9.10. The number of unbranched alkanes of at least 4 members (excludes halogenated alkanes) is 1. The van der Waals surface area contributed by atoms with Crippen molar-refractivity contribution >= 4 is 37.5 Å². The van der Waals surface area contributed by atoms with Crippen molar-refractivity contribution in [3.8, 4) is 0 Å². The molecule has 2 rings (SSSR count). The number of halogens is 1. The van der Waals surface area contributed by atoms with E-state index in [-0.39, 0.29) is 10.8 Å². The van der Waals surface area contributed by atoms with Crippen molar-refractivity contribution < 1.29 is 13.2 Å². The van der Waals surface area contributed by atoms with Crippen LogP contribution in [0.1, 0.15) is 37.0 Å². The predicted octanol–water partition coefficient (Wildman–Crippen LogP) is 4.51. The van der Waals surface area contributed by atoms with Crippen LogP contribution in [0.4, 0.5) is 5.69 Å². The molecule has 7 heteroatoms. The first-order valence-corrected chi connectivity index (χ1v) is 10.8. The van der Waals surface area contributed by atoms with Crippen LogP contribution in [-0.2, 0) is 10.0 Å². The summed E-state index contributed by atoms with van der Waals surface area (Å²) in [6, 6.07) is 13.3. The Bertz CT molecular complexity index is 834. The number of sulfonamides is 1. The van der Waals surface area contributed by atoms with Crippen molar-refractivity contribution in [1.82, 2.24) is 4.31 Å². The standard InChI is InChI=1S/C19H23BrN2O3S/c1-3-5-14-22(4-2)26(24,25)18-12-6-15(7-13-18)19(23)21-17-10-8-16(20)9-11-17/h6-13H,3-5,14H2,1-2H3,(H,21,23). The van der Waals surface area contributed by atoms with Gasteiger partial charge in [0.05, 0.1) is 4.90 Å². The minimum atomic E-state index is -3.53. The van der Waals surface area contributed by atoms with E-state index < -0.39 is 10.0 Å². The van der Waals surface area contributed by atoms with Gasteiger partial charge in [-0.3, -0.25) is 4.79 Å². The number of carbonyl (C=O) groups excluding carboxylic acids is 1. The highest BCUT2D eigenvalue weighted by atomic mass is 79.9. The van der Waals surface area contributed by atoms with E-state index in [1.165, 1.54) is 28.6 Å². The summed E-state index contributed by atoms with van der Waals surface area (Å²) in [5.74, 6) is -0.283. The molecule has 0 unspecified atom stereocenters. The van der Waals surface area contributed by atoms with E-state index in [9.17, 15) is 13.2 Å². The van der Waals surface area contributed by atoms with Gasteiger partial charge >= 0.3 is 0 Å². The summed E-state index contributed by atoms with van der Waals surface area (Å²) in [6.07, 6.45) is 1.75. The van der Waals surface area contributed by atoms with E-state index in [1.54, 1.807) is 12.1 Å². The molecule has 0 aliphatic carbocycles. The quantitative estimate of drug-likeness (QED) is 0.658. The first kappa shape index (κ1) is 20.6. The second-order valence-corrected chi connectivity index (χ2v) is 8.69. The van der Waals surface area contributed by atoms with Crippen LogP contribution >= 0.6 is 15.9 Å². The number of carbonyl (C=O) groups is 1. The first-order chi connectivity index (χ1) is 12.4. The van der Waals surface area contributed by atoms with Crippen LogP contribution in [0.2, 0.25) is 0 Å². The fraction of sp³-hybridized carbons (Fsp3) is 0.316. The van der Waals surface area contributed by atoms with Gasteiger partial charge in [-0.2, -0.15) is 4.31 Å². The molecule has 0 saturated carbocycles. The molecule has 0 bridgehead atoms. The Labute approximate surface area is 163 Å². The SMILES string of the molecule is CCCCN(CC)S(=O)(=O)c1ccc(C(=O)Nc2ccc(Br)cc2)cc1. The second kappa shape index (κ2) is 9.30. The Morgan fingerprint density at radius 3 is 2.19 bits per heavy atom. The smallest absolute Gasteiger partial charge is 0.255 e. The average molecular weight is 439 g/mol. The number of amides is 1. The number of nitrogens with zero attached hydrogens (tertiary/aromatic N) is 1. The molecule has 2 aromatic carbocycles. The van der Waals surface area contributed by atoms with Gasteiger partial charge in [0.1, 0.15) is 0 Å². The lowest BCUT2D eigenvalue weighted by Gasteiger charge is -2.20. The Balaban J connectivity index is 2.13. The van der Waals surface area contributed by atoms with Crippen molar-refractivity contribution in [1.29, 1.82) is 0 Å². The van der Waals surface area contributed by atoms with Gasteiger partial charge in [-0.1, -0.05) is 36.2 Å². The van der Waals surface area contributed by atoms with Crippen LogP contribution in [-0.4, -0.2) is 31.7 Å². The molecule has 0 radical (unpaired) electrons. The summed E-state index contributed by atoms with van der Waals surface area (Å²) in [5.41, 5.74) is 1.08. The van der Waals surface area contributed by atoms with E-state index in [0.717, 1.165) is 17.3 Å². The zero-order valence-electron chi connectivity index (χ0n) is 14.9. The van der Waals surface area contributed by atoms with Crippen LogP contribution in [0.5, 0.6) is 0 Å². The van der Waals surface area contributed by atoms with Crippen LogP contribution in [0.3, 0.4) is 0 Å². The van der Waals surface area contributed by atoms with E-state index in [1.807, 2.05) is 26.0 Å². The fourth-order valence-corrected chi connectivity index (χ4v) is 4.20. The summed E-state index contributed by atoms with van der Waals surface area (Å²) in [5, 5.41) is 2.79. The average Bonchev–Trinajstić information content (AvgIpc) is 2.64. The number of hydrogen-bond donors (Lipinski definition) is 1. The second-order valence-electron chi connectivity index (χ2n) is 5.84. The molecule has 1 N–H and O–H groups in total. The molecule has 0 aliphatic heterocycles. The maximum atomic E-state index is 12.7. The Morgan fingerprint density at radius 2 is 1.65 bits per heavy atom. The summed E-state index contributed by atoms with van der Waals surface area (Å²) in [7, 11) is -3.53. The molecule has 1 amide bonds. The molecule has 140 valence electrons. The van der Waals surface area contributed by atoms with Gasteiger partial charge in [0.25, 0.3) is 5.91 Å². The van der Waals surface area contributed by atoms with Crippen LogP contribution < -0.4 is 5.32 Å². The summed E-state index contributed by atoms with van der Waals surface area (Å²) < 4.78 is 27.8. The van der Waals surface area contributed by atoms with Crippen molar-refractivity contribution in [2.45, 2.75) is 31.6 Å². The third kappa shape index (κ3) is 5.16. The zero-order valence-corrected chi connectivity index (χ0v) is 17.3. The summed E-state index contributed by atoms with van der Waals surface area (Å²) in [4.78, 5) is 12.5. The third-order valence-electron chi connectivity index (χ3n) is 3.97. The molecule has 26 heavy (non-hydrogen) atoms. The van der Waals surface area contributed by atoms with Crippen molar-refractivity contribution in [3.63, 3.8) is 0 Å². The number of benzene rings is 2. The van der Waals surface area contributed by atoms with Crippen LogP contribution in [0, 0.1) is 0 Å². The minimum Gasteiger partial charge on any atom is -0.322 e. The highest BCUT2D eigenvalue weighted by Gasteiger charge is 2.22. The predicted molar refractivity (Wildman–Crippen MR) is 108 cm³/mol. The van der Waals surface area contributed by atoms with Gasteiger partial charge in [-0.15, -0.1) is 0 Å². The lowest BCUT2D eigenvalue weighted by Crippen LogP contribution is -2.31. The van der Waals surface area contributed by atoms with Gasteiger partial charge < -0.3 is 5.32 Å². The molecule has 5 nitrogen and oxygen atoms in total. The Hall–Kier alpha value is -1.70. The van der Waals surface area contributed by atoms with Gasteiger partial charge in [0.15, 0.2) is 0 Å². The van der Waals surface area contributed by atoms with Crippen LogP contribution in [0.25, 0.3) is 0 Å². The van der Waals surface area contributed by atoms with Gasteiger partial charge in [0, 0.05) is 28.8 Å². The largest absolute Gasteiger partial charge is 0.322 e. The van der Waals surface area contributed by atoms with E-state index in [4.69, 9.17) is 0 Å². The molecular weight excluding hydrogens is 416 g/mol. The monoisotopic (exact) mass is 438 g/mol. The maximum Gasteiger partial charge on any atom is 0.255 e. The number of anilines is 1. The first-order valence-electron chi connectivity index (χ1n) is 8.55. The maximum absolute atomic E-state index is 12.7. The number of rotatable bonds is 8. The van der Waals surface area contributed by atoms with Crippen LogP contribution in [0.15, 0.2) is 57.9 Å². The number of hydrogen-bond acceptors (Lipinski definition) is 3. The Morgan fingerprint density at radius 1 is 1.04 bits per heavy atom. The minimum absolute atomic E-state index is 0.204. The molecular formula is C19H23BrN2O3S. The van der Waals surface area contributed by atoms with E-state index in [2.05, 4.69) is 21.2 Å². The molecule has 0 heterocycles. The number of nitrogens with one attached hydrogen (secondary N) is 1.